The van der Waals surface area contributed by atoms with Gasteiger partial charge in [-0.1, -0.05) is 0 Å². The molecule has 0 aliphatic carbocycles. The molecule has 6 nitrogen and oxygen atoms in total. The second kappa shape index (κ2) is 6.26. The second-order valence-electron chi connectivity index (χ2n) is 4.76. The minimum atomic E-state index is -1.32. The minimum Gasteiger partial charge on any atom is -0.497 e. The number of ketones is 1. The van der Waals surface area contributed by atoms with E-state index in [2.05, 4.69) is 0 Å². The highest BCUT2D eigenvalue weighted by Crippen LogP contribution is 2.22. The monoisotopic (exact) mass is 301 g/mol. The first-order valence-electron chi connectivity index (χ1n) is 6.55. The van der Waals surface area contributed by atoms with E-state index in [-0.39, 0.29) is 17.9 Å². The van der Waals surface area contributed by atoms with Gasteiger partial charge in [-0.15, -0.1) is 0 Å². The van der Waals surface area contributed by atoms with Crippen LogP contribution in [0.5, 0.6) is 5.75 Å². The van der Waals surface area contributed by atoms with Crippen LogP contribution < -0.4 is 10.3 Å². The third-order valence-electron chi connectivity index (χ3n) is 3.17. The summed E-state index contributed by atoms with van der Waals surface area (Å²) >= 11 is 0. The number of rotatable bonds is 5. The zero-order valence-corrected chi connectivity index (χ0v) is 12.2. The molecule has 0 bridgehead atoms. The molecule has 0 fully saturated rings. The molecule has 0 atom stereocenters. The number of Topliss-reactive ketones (excluding diaryl/α,β-unsaturated/α-hetero) is 1. The predicted molar refractivity (Wildman–Crippen MR) is 80.3 cm³/mol. The number of ether oxygens (including phenoxy) is 1. The fourth-order valence-electron chi connectivity index (χ4n) is 2.13. The Hall–Kier alpha value is -2.89. The van der Waals surface area contributed by atoms with Crippen LogP contribution in [0.4, 0.5) is 0 Å². The van der Waals surface area contributed by atoms with Gasteiger partial charge in [0.1, 0.15) is 17.1 Å². The smallest absolute Gasteiger partial charge is 0.341 e. The number of carboxylic acids is 1. The first-order chi connectivity index (χ1) is 10.4. The van der Waals surface area contributed by atoms with Crippen molar-refractivity contribution >= 4 is 11.8 Å². The molecule has 1 aromatic carbocycles. The minimum absolute atomic E-state index is 0.179. The average Bonchev–Trinajstić information content (AvgIpc) is 2.48. The van der Waals surface area contributed by atoms with Gasteiger partial charge >= 0.3 is 5.97 Å². The van der Waals surface area contributed by atoms with Crippen molar-refractivity contribution in [1.82, 2.24) is 4.57 Å². The summed E-state index contributed by atoms with van der Waals surface area (Å²) in [5.41, 5.74) is 0.110. The third-order valence-corrected chi connectivity index (χ3v) is 3.17. The van der Waals surface area contributed by atoms with E-state index in [0.29, 0.717) is 17.0 Å². The summed E-state index contributed by atoms with van der Waals surface area (Å²) in [5, 5.41) is 9.04. The summed E-state index contributed by atoms with van der Waals surface area (Å²) in [5.74, 6) is -0.894. The molecule has 2 rings (SSSR count). The van der Waals surface area contributed by atoms with Gasteiger partial charge in [0.05, 0.1) is 19.3 Å². The van der Waals surface area contributed by atoms with Crippen molar-refractivity contribution in [1.29, 1.82) is 0 Å². The van der Waals surface area contributed by atoms with E-state index in [4.69, 9.17) is 9.84 Å². The molecule has 0 unspecified atom stereocenters. The Morgan fingerprint density at radius 3 is 2.27 bits per heavy atom. The maximum Gasteiger partial charge on any atom is 0.341 e. The Kier molecular flexibility index (Phi) is 4.41. The standard InChI is InChI=1S/C16H15NO5/c1-10(18)9-17-14(8-7-13(15(17)19)16(20)21)11-3-5-12(22-2)6-4-11/h3-8H,9H2,1-2H3,(H,20,21). The lowest BCUT2D eigenvalue weighted by atomic mass is 10.1. The van der Waals surface area contributed by atoms with Gasteiger partial charge in [-0.3, -0.25) is 9.59 Å². The molecule has 1 N–H and O–H groups in total. The SMILES string of the molecule is COc1ccc(-c2ccc(C(=O)O)c(=O)n2CC(C)=O)cc1. The largest absolute Gasteiger partial charge is 0.497 e. The Morgan fingerprint density at radius 1 is 1.14 bits per heavy atom. The zero-order valence-electron chi connectivity index (χ0n) is 12.2. The van der Waals surface area contributed by atoms with E-state index in [1.165, 1.54) is 23.6 Å². The summed E-state index contributed by atoms with van der Waals surface area (Å²) in [6.45, 7) is 1.17. The van der Waals surface area contributed by atoms with Crippen molar-refractivity contribution in [2.24, 2.45) is 0 Å². The van der Waals surface area contributed by atoms with Gasteiger partial charge in [0, 0.05) is 0 Å². The quantitative estimate of drug-likeness (QED) is 0.910. The summed E-state index contributed by atoms with van der Waals surface area (Å²) in [7, 11) is 1.54. The zero-order chi connectivity index (χ0) is 16.3. The molecule has 2 aromatic rings. The van der Waals surface area contributed by atoms with Gasteiger partial charge in [-0.2, -0.15) is 0 Å². The van der Waals surface area contributed by atoms with Gasteiger partial charge in [-0.05, 0) is 48.9 Å². The molecular weight excluding hydrogens is 286 g/mol. The highest BCUT2D eigenvalue weighted by molar-refractivity contribution is 5.88. The lowest BCUT2D eigenvalue weighted by molar-refractivity contribution is -0.117. The van der Waals surface area contributed by atoms with Crippen LogP contribution in [0.3, 0.4) is 0 Å². The third kappa shape index (κ3) is 3.06. The van der Waals surface area contributed by atoms with Crippen LogP contribution in [-0.2, 0) is 11.3 Å². The van der Waals surface area contributed by atoms with Gasteiger partial charge in [0.2, 0.25) is 0 Å². The molecular formula is C16H15NO5. The first kappa shape index (κ1) is 15.5. The van der Waals surface area contributed by atoms with E-state index >= 15 is 0 Å². The molecule has 0 aliphatic rings. The number of benzene rings is 1. The van der Waals surface area contributed by atoms with Crippen LogP contribution in [0.15, 0.2) is 41.2 Å². The van der Waals surface area contributed by atoms with Crippen molar-refractivity contribution in [3.63, 3.8) is 0 Å². The highest BCUT2D eigenvalue weighted by atomic mass is 16.5. The van der Waals surface area contributed by atoms with E-state index in [0.717, 1.165) is 0 Å². The number of carbonyl (C=O) groups excluding carboxylic acids is 1. The van der Waals surface area contributed by atoms with Crippen LogP contribution in [0.2, 0.25) is 0 Å². The Bertz CT molecular complexity index is 774. The number of hydrogen-bond acceptors (Lipinski definition) is 4. The number of carboxylic acid groups (broad SMARTS) is 1. The fourth-order valence-corrected chi connectivity index (χ4v) is 2.13. The van der Waals surface area contributed by atoms with Gasteiger partial charge in [0.25, 0.3) is 5.56 Å². The molecule has 0 radical (unpaired) electrons. The second-order valence-corrected chi connectivity index (χ2v) is 4.76. The Balaban J connectivity index is 2.63. The van der Waals surface area contributed by atoms with Crippen LogP contribution in [0, 0.1) is 0 Å². The van der Waals surface area contributed by atoms with Gasteiger partial charge in [0.15, 0.2) is 0 Å². The van der Waals surface area contributed by atoms with E-state index in [9.17, 15) is 14.4 Å². The van der Waals surface area contributed by atoms with Crippen molar-refractivity contribution in [2.45, 2.75) is 13.5 Å². The predicted octanol–water partition coefficient (Wildman–Crippen LogP) is 1.81. The first-order valence-corrected chi connectivity index (χ1v) is 6.55. The average molecular weight is 301 g/mol. The lowest BCUT2D eigenvalue weighted by Gasteiger charge is -2.13. The topological polar surface area (TPSA) is 85.6 Å². The highest BCUT2D eigenvalue weighted by Gasteiger charge is 2.16. The lowest BCUT2D eigenvalue weighted by Crippen LogP contribution is -2.29. The van der Waals surface area contributed by atoms with Crippen molar-refractivity contribution < 1.29 is 19.4 Å². The molecule has 0 saturated carbocycles. The summed E-state index contributed by atoms with van der Waals surface area (Å²) < 4.78 is 6.25. The number of nitrogens with zero attached hydrogens (tertiary/aromatic N) is 1. The normalized spacial score (nSPS) is 10.3. The van der Waals surface area contributed by atoms with E-state index in [1.807, 2.05) is 0 Å². The van der Waals surface area contributed by atoms with E-state index in [1.54, 1.807) is 31.4 Å². The Morgan fingerprint density at radius 2 is 1.77 bits per heavy atom. The molecule has 0 saturated heterocycles. The molecule has 0 amide bonds. The molecule has 6 heteroatoms. The van der Waals surface area contributed by atoms with Crippen molar-refractivity contribution in [3.8, 4) is 17.0 Å². The van der Waals surface area contributed by atoms with Crippen LogP contribution >= 0.6 is 0 Å². The van der Waals surface area contributed by atoms with Crippen LogP contribution in [0.1, 0.15) is 17.3 Å². The number of hydrogen-bond donors (Lipinski definition) is 1. The summed E-state index contributed by atoms with van der Waals surface area (Å²) in [6, 6.07) is 9.71. The number of carbonyl (C=O) groups is 2. The Labute approximate surface area is 126 Å². The van der Waals surface area contributed by atoms with Crippen molar-refractivity contribution in [2.75, 3.05) is 7.11 Å². The van der Waals surface area contributed by atoms with Crippen molar-refractivity contribution in [3.05, 3.63) is 52.3 Å². The number of pyridine rings is 1. The van der Waals surface area contributed by atoms with Crippen LogP contribution in [-0.4, -0.2) is 28.5 Å². The molecule has 114 valence electrons. The van der Waals surface area contributed by atoms with Crippen LogP contribution in [0.25, 0.3) is 11.3 Å². The number of aromatic nitrogens is 1. The fraction of sp³-hybridized carbons (Fsp3) is 0.188. The summed E-state index contributed by atoms with van der Waals surface area (Å²) in [4.78, 5) is 34.7. The number of methoxy groups -OCH3 is 1. The molecule has 1 aromatic heterocycles. The molecule has 22 heavy (non-hydrogen) atoms. The molecule has 0 spiro atoms. The molecule has 0 aliphatic heterocycles. The van der Waals surface area contributed by atoms with E-state index < -0.39 is 11.5 Å². The number of aromatic carboxylic acids is 1. The van der Waals surface area contributed by atoms with Gasteiger partial charge in [-0.25, -0.2) is 4.79 Å². The summed E-state index contributed by atoms with van der Waals surface area (Å²) in [6.07, 6.45) is 0. The molecule has 1 heterocycles. The maximum absolute atomic E-state index is 12.3. The maximum atomic E-state index is 12.3. The van der Waals surface area contributed by atoms with Gasteiger partial charge < -0.3 is 14.4 Å².